The van der Waals surface area contributed by atoms with Crippen LogP contribution in [0, 0.1) is 0 Å². The van der Waals surface area contributed by atoms with E-state index in [2.05, 4.69) is 31.3 Å². The summed E-state index contributed by atoms with van der Waals surface area (Å²) < 4.78 is 34.0. The van der Waals surface area contributed by atoms with Crippen LogP contribution in [0.4, 0.5) is 0 Å². The first kappa shape index (κ1) is 67.5. The Morgan fingerprint density at radius 3 is 1.32 bits per heavy atom. The Kier molecular flexibility index (Phi) is 36.4. The molecule has 3 rings (SSSR count). The number of allylic oxidation sites excluding steroid dienone is 3. The summed E-state index contributed by atoms with van der Waals surface area (Å²) in [5.74, 6) is -0.283. The normalized spacial score (nSPS) is 31.3. The molecule has 17 atom stereocenters. The Labute approximate surface area is 448 Å². The van der Waals surface area contributed by atoms with Gasteiger partial charge in [-0.3, -0.25) is 4.79 Å². The lowest BCUT2D eigenvalue weighted by Gasteiger charge is -2.48. The molecule has 0 aromatic heterocycles. The second-order valence-electron chi connectivity index (χ2n) is 21.1. The molecule has 0 aliphatic carbocycles. The number of hydrogen-bond acceptors (Lipinski definition) is 18. The zero-order valence-electron chi connectivity index (χ0n) is 45.5. The van der Waals surface area contributed by atoms with Gasteiger partial charge in [-0.1, -0.05) is 167 Å². The Morgan fingerprint density at radius 1 is 0.467 bits per heavy atom. The van der Waals surface area contributed by atoms with Crippen molar-refractivity contribution in [3.05, 3.63) is 24.3 Å². The van der Waals surface area contributed by atoms with Gasteiger partial charge in [0.15, 0.2) is 18.9 Å². The number of aliphatic hydroxyl groups excluding tert-OH is 11. The molecule has 17 unspecified atom stereocenters. The van der Waals surface area contributed by atoms with Crippen molar-refractivity contribution in [1.29, 1.82) is 0 Å². The van der Waals surface area contributed by atoms with Gasteiger partial charge >= 0.3 is 0 Å². The number of carbonyl (C=O) groups is 1. The number of amides is 1. The van der Waals surface area contributed by atoms with Crippen molar-refractivity contribution in [2.24, 2.45) is 0 Å². The number of hydrogen-bond donors (Lipinski definition) is 12. The fraction of sp³-hybridized carbons (Fsp3) is 0.911. The lowest BCUT2D eigenvalue weighted by molar-refractivity contribution is -0.379. The van der Waals surface area contributed by atoms with Crippen molar-refractivity contribution in [2.75, 3.05) is 26.4 Å². The molecule has 19 heteroatoms. The van der Waals surface area contributed by atoms with E-state index in [0.29, 0.717) is 6.42 Å². The largest absolute Gasteiger partial charge is 0.394 e. The van der Waals surface area contributed by atoms with Crippen molar-refractivity contribution in [2.45, 2.75) is 298 Å². The number of rotatable bonds is 42. The van der Waals surface area contributed by atoms with E-state index in [4.69, 9.17) is 28.4 Å². The number of ether oxygens (including phenoxy) is 6. The molecule has 0 saturated carbocycles. The summed E-state index contributed by atoms with van der Waals surface area (Å²) in [5, 5.41) is 119. The van der Waals surface area contributed by atoms with Gasteiger partial charge in [0.2, 0.25) is 5.91 Å². The molecule has 75 heavy (non-hydrogen) atoms. The molecular formula is C56H103NO18. The highest BCUT2D eigenvalue weighted by Crippen LogP contribution is 2.33. The third-order valence-corrected chi connectivity index (χ3v) is 14.7. The first-order valence-electron chi connectivity index (χ1n) is 29.1. The zero-order chi connectivity index (χ0) is 54.8. The van der Waals surface area contributed by atoms with E-state index in [1.165, 1.54) is 122 Å². The zero-order valence-corrected chi connectivity index (χ0v) is 45.5. The molecule has 0 aromatic rings. The smallest absolute Gasteiger partial charge is 0.220 e. The van der Waals surface area contributed by atoms with Crippen molar-refractivity contribution in [1.82, 2.24) is 5.32 Å². The van der Waals surface area contributed by atoms with Crippen LogP contribution in [0.5, 0.6) is 0 Å². The van der Waals surface area contributed by atoms with Crippen molar-refractivity contribution < 1.29 is 89.4 Å². The van der Waals surface area contributed by atoms with Gasteiger partial charge in [-0.15, -0.1) is 0 Å². The summed E-state index contributed by atoms with van der Waals surface area (Å²) in [6.45, 7) is 1.59. The molecule has 440 valence electrons. The molecule has 12 N–H and O–H groups in total. The first-order chi connectivity index (χ1) is 36.3. The number of unbranched alkanes of at least 4 members (excludes halogenated alkanes) is 24. The lowest BCUT2D eigenvalue weighted by atomic mass is 9.96. The third kappa shape index (κ3) is 25.1. The predicted molar refractivity (Wildman–Crippen MR) is 282 cm³/mol. The van der Waals surface area contributed by atoms with Gasteiger partial charge in [-0.25, -0.2) is 0 Å². The minimum absolute atomic E-state index is 0.244. The molecule has 3 heterocycles. The monoisotopic (exact) mass is 1080 g/mol. The van der Waals surface area contributed by atoms with Crippen LogP contribution in [0.1, 0.15) is 194 Å². The Bertz CT molecular complexity index is 1480. The van der Waals surface area contributed by atoms with Gasteiger partial charge in [0, 0.05) is 6.42 Å². The molecule has 0 bridgehead atoms. The highest BCUT2D eigenvalue weighted by Gasteiger charge is 2.53. The maximum atomic E-state index is 13.2. The third-order valence-electron chi connectivity index (χ3n) is 14.7. The summed E-state index contributed by atoms with van der Waals surface area (Å²) in [7, 11) is 0. The fourth-order valence-electron chi connectivity index (χ4n) is 9.89. The average Bonchev–Trinajstić information content (AvgIpc) is 3.41. The Balaban J connectivity index is 1.37. The topological polar surface area (TPSA) is 307 Å². The minimum atomic E-state index is -1.97. The van der Waals surface area contributed by atoms with Crippen LogP contribution >= 0.6 is 0 Å². The molecule has 0 aromatic carbocycles. The van der Waals surface area contributed by atoms with Crippen LogP contribution in [0.2, 0.25) is 0 Å². The van der Waals surface area contributed by atoms with E-state index < -0.39 is 124 Å². The van der Waals surface area contributed by atoms with E-state index in [9.17, 15) is 61.0 Å². The van der Waals surface area contributed by atoms with Crippen LogP contribution in [0.3, 0.4) is 0 Å². The maximum Gasteiger partial charge on any atom is 0.220 e. The second-order valence-corrected chi connectivity index (χ2v) is 21.1. The lowest BCUT2D eigenvalue weighted by Crippen LogP contribution is -2.66. The molecule has 0 spiro atoms. The van der Waals surface area contributed by atoms with Crippen LogP contribution in [0.25, 0.3) is 0 Å². The number of carbonyl (C=O) groups excluding carboxylic acids is 1. The Hall–Kier alpha value is -1.73. The predicted octanol–water partition coefficient (Wildman–Crippen LogP) is 4.37. The highest BCUT2D eigenvalue weighted by molar-refractivity contribution is 5.76. The summed E-state index contributed by atoms with van der Waals surface area (Å²) >= 11 is 0. The van der Waals surface area contributed by atoms with E-state index in [0.717, 1.165) is 44.9 Å². The first-order valence-corrected chi connectivity index (χ1v) is 29.1. The second kappa shape index (κ2) is 40.4. The standard InChI is InChI=1S/C56H103NO18/c1-3-5-7-9-10-11-12-13-14-15-16-17-18-19-20-21-22-23-24-25-26-27-28-30-32-34-44(62)57-39(40(61)33-31-29-8-6-4-2)38-70-54-50(68)47(65)52(42(36-59)72-54)75-56-51(69)48(66)53(43(37-60)73-56)74-55-49(67)46(64)45(63)41(35-58)71-55/h15-16,31,33,39-43,45-56,58-61,63-69H,3-14,17-30,32,34-38H2,1-2H3,(H,57,62)/b16-15-,33-31+. The summed E-state index contributed by atoms with van der Waals surface area (Å²) in [6.07, 6.45) is 14.0. The van der Waals surface area contributed by atoms with Gasteiger partial charge in [0.1, 0.15) is 73.2 Å². The SMILES string of the molecule is CCCCC/C=C/C(O)C(COC1OC(CO)C(OC2OC(CO)C(OC3OC(CO)C(O)C(O)C3O)C(O)C2O)C(O)C1O)NC(=O)CCCCCCCCCCCCCCC/C=C\CCCCCCCCCC. The van der Waals surface area contributed by atoms with Crippen molar-refractivity contribution >= 4 is 5.91 Å². The van der Waals surface area contributed by atoms with Gasteiger partial charge in [0.25, 0.3) is 0 Å². The van der Waals surface area contributed by atoms with Crippen LogP contribution in [-0.4, -0.2) is 193 Å². The van der Waals surface area contributed by atoms with E-state index >= 15 is 0 Å². The average molecular weight is 1080 g/mol. The van der Waals surface area contributed by atoms with E-state index in [-0.39, 0.29) is 18.9 Å². The highest BCUT2D eigenvalue weighted by atomic mass is 16.8. The maximum absolute atomic E-state index is 13.2. The van der Waals surface area contributed by atoms with Gasteiger partial charge in [-0.05, 0) is 44.9 Å². The van der Waals surface area contributed by atoms with Crippen LogP contribution in [-0.2, 0) is 33.2 Å². The molecule has 3 aliphatic rings. The molecule has 1 amide bonds. The summed E-state index contributed by atoms with van der Waals surface area (Å²) in [6, 6.07) is -0.966. The van der Waals surface area contributed by atoms with Gasteiger partial charge in [0.05, 0.1) is 38.6 Å². The van der Waals surface area contributed by atoms with E-state index in [1.807, 2.05) is 6.08 Å². The number of nitrogens with one attached hydrogen (secondary N) is 1. The minimum Gasteiger partial charge on any atom is -0.394 e. The molecule has 19 nitrogen and oxygen atoms in total. The van der Waals surface area contributed by atoms with Gasteiger partial charge in [-0.2, -0.15) is 0 Å². The molecular weight excluding hydrogens is 975 g/mol. The molecule has 3 saturated heterocycles. The van der Waals surface area contributed by atoms with Crippen molar-refractivity contribution in [3.8, 4) is 0 Å². The van der Waals surface area contributed by atoms with Gasteiger partial charge < -0.3 is 89.9 Å². The molecule has 0 radical (unpaired) electrons. The summed E-state index contributed by atoms with van der Waals surface area (Å²) in [4.78, 5) is 13.2. The molecule has 3 fully saturated rings. The fourth-order valence-corrected chi connectivity index (χ4v) is 9.89. The van der Waals surface area contributed by atoms with E-state index in [1.54, 1.807) is 6.08 Å². The van der Waals surface area contributed by atoms with Crippen LogP contribution < -0.4 is 5.32 Å². The Morgan fingerprint density at radius 2 is 0.840 bits per heavy atom. The summed E-state index contributed by atoms with van der Waals surface area (Å²) in [5.41, 5.74) is 0. The number of aliphatic hydroxyl groups is 11. The quantitative estimate of drug-likeness (QED) is 0.0298. The van der Waals surface area contributed by atoms with Crippen LogP contribution in [0.15, 0.2) is 24.3 Å². The van der Waals surface area contributed by atoms with Crippen molar-refractivity contribution in [3.63, 3.8) is 0 Å². The molecule has 3 aliphatic heterocycles.